The van der Waals surface area contributed by atoms with Gasteiger partial charge in [-0.1, -0.05) is 0 Å². The fourth-order valence-corrected chi connectivity index (χ4v) is 2.42. The zero-order chi connectivity index (χ0) is 13.9. The molecule has 0 unspecified atom stereocenters. The molecular weight excluding hydrogens is 274 g/mol. The van der Waals surface area contributed by atoms with Gasteiger partial charge in [-0.3, -0.25) is 0 Å². The molecule has 0 atom stereocenters. The Morgan fingerprint density at radius 2 is 2.10 bits per heavy atom. The lowest BCUT2D eigenvalue weighted by molar-refractivity contribution is 0.415. The summed E-state index contributed by atoms with van der Waals surface area (Å²) < 4.78 is 5.18. The summed E-state index contributed by atoms with van der Waals surface area (Å²) in [4.78, 5) is 16.2. The molecule has 102 valence electrons. The third kappa shape index (κ3) is 2.59. The minimum atomic E-state index is 0.440. The maximum Gasteiger partial charge on any atom is 0.195 e. The van der Waals surface area contributed by atoms with E-state index < -0.39 is 0 Å². The summed E-state index contributed by atoms with van der Waals surface area (Å²) in [7, 11) is 1.64. The molecule has 3 rings (SSSR count). The SMILES string of the molecule is COc1ccc2nc(Sc3ncc(CN)cn3)[nH]c2c1. The summed E-state index contributed by atoms with van der Waals surface area (Å²) in [5, 5.41) is 1.38. The minimum Gasteiger partial charge on any atom is -0.497 e. The Kier molecular flexibility index (Phi) is 3.53. The van der Waals surface area contributed by atoms with Crippen molar-refractivity contribution < 1.29 is 4.74 Å². The van der Waals surface area contributed by atoms with E-state index in [0.717, 1.165) is 27.5 Å². The van der Waals surface area contributed by atoms with Gasteiger partial charge in [0, 0.05) is 30.6 Å². The first-order chi connectivity index (χ1) is 9.78. The third-order valence-corrected chi connectivity index (χ3v) is 3.55. The zero-order valence-electron chi connectivity index (χ0n) is 10.8. The van der Waals surface area contributed by atoms with E-state index in [4.69, 9.17) is 10.5 Å². The van der Waals surface area contributed by atoms with Gasteiger partial charge in [0.05, 0.1) is 18.1 Å². The molecule has 3 N–H and O–H groups in total. The highest BCUT2D eigenvalue weighted by molar-refractivity contribution is 7.99. The van der Waals surface area contributed by atoms with Crippen LogP contribution in [0.25, 0.3) is 11.0 Å². The van der Waals surface area contributed by atoms with Crippen LogP contribution in [0.15, 0.2) is 40.9 Å². The van der Waals surface area contributed by atoms with Crippen LogP contribution >= 0.6 is 11.8 Å². The second-order valence-corrected chi connectivity index (χ2v) is 5.06. The molecule has 3 aromatic rings. The summed E-state index contributed by atoms with van der Waals surface area (Å²) in [6.07, 6.45) is 3.45. The highest BCUT2D eigenvalue weighted by atomic mass is 32.2. The van der Waals surface area contributed by atoms with E-state index in [1.807, 2.05) is 18.2 Å². The van der Waals surface area contributed by atoms with E-state index in [-0.39, 0.29) is 0 Å². The Bertz CT molecular complexity index is 725. The third-order valence-electron chi connectivity index (χ3n) is 2.77. The topological polar surface area (TPSA) is 89.7 Å². The molecule has 0 bridgehead atoms. The minimum absolute atomic E-state index is 0.440. The first-order valence-corrected chi connectivity index (χ1v) is 6.83. The van der Waals surface area contributed by atoms with Crippen LogP contribution in [0.3, 0.4) is 0 Å². The lowest BCUT2D eigenvalue weighted by atomic mass is 10.3. The molecule has 2 aromatic heterocycles. The number of aromatic amines is 1. The number of hydrogen-bond acceptors (Lipinski definition) is 6. The van der Waals surface area contributed by atoms with Crippen molar-refractivity contribution in [1.29, 1.82) is 0 Å². The molecule has 0 aliphatic rings. The monoisotopic (exact) mass is 287 g/mol. The van der Waals surface area contributed by atoms with Gasteiger partial charge in [-0.2, -0.15) is 0 Å². The zero-order valence-corrected chi connectivity index (χ0v) is 11.6. The molecule has 1 aromatic carbocycles. The molecule has 0 aliphatic heterocycles. The molecule has 6 nitrogen and oxygen atoms in total. The Labute approximate surface area is 119 Å². The van der Waals surface area contributed by atoms with E-state index in [0.29, 0.717) is 11.7 Å². The molecule has 0 aliphatic carbocycles. The highest BCUT2D eigenvalue weighted by Crippen LogP contribution is 2.26. The smallest absolute Gasteiger partial charge is 0.195 e. The molecule has 7 heteroatoms. The van der Waals surface area contributed by atoms with E-state index in [9.17, 15) is 0 Å². The largest absolute Gasteiger partial charge is 0.497 e. The number of aromatic nitrogens is 4. The molecule has 0 fully saturated rings. The number of imidazole rings is 1. The van der Waals surface area contributed by atoms with Gasteiger partial charge < -0.3 is 15.5 Å². The van der Waals surface area contributed by atoms with Crippen LogP contribution in [-0.4, -0.2) is 27.0 Å². The molecule has 0 saturated carbocycles. The number of nitrogens with one attached hydrogen (secondary N) is 1. The van der Waals surface area contributed by atoms with Crippen LogP contribution in [0.4, 0.5) is 0 Å². The average molecular weight is 287 g/mol. The molecular formula is C13H13N5OS. The number of rotatable bonds is 4. The normalized spacial score (nSPS) is 10.9. The summed E-state index contributed by atoms with van der Waals surface area (Å²) >= 11 is 1.38. The Hall–Kier alpha value is -2.12. The lowest BCUT2D eigenvalue weighted by Gasteiger charge is -1.97. The van der Waals surface area contributed by atoms with Gasteiger partial charge in [0.2, 0.25) is 0 Å². The maximum absolute atomic E-state index is 5.51. The number of benzene rings is 1. The number of ether oxygens (including phenoxy) is 1. The number of nitrogens with zero attached hydrogens (tertiary/aromatic N) is 3. The molecule has 20 heavy (non-hydrogen) atoms. The Morgan fingerprint density at radius 3 is 2.80 bits per heavy atom. The molecule has 0 spiro atoms. The highest BCUT2D eigenvalue weighted by Gasteiger charge is 2.07. The van der Waals surface area contributed by atoms with E-state index >= 15 is 0 Å². The second kappa shape index (κ2) is 5.48. The van der Waals surface area contributed by atoms with Crippen molar-refractivity contribution >= 4 is 22.8 Å². The van der Waals surface area contributed by atoms with Gasteiger partial charge in [-0.25, -0.2) is 15.0 Å². The fourth-order valence-electron chi connectivity index (χ4n) is 1.73. The van der Waals surface area contributed by atoms with Gasteiger partial charge in [-0.15, -0.1) is 0 Å². The lowest BCUT2D eigenvalue weighted by Crippen LogP contribution is -1.98. The van der Waals surface area contributed by atoms with Gasteiger partial charge in [0.25, 0.3) is 0 Å². The van der Waals surface area contributed by atoms with Gasteiger partial charge in [0.1, 0.15) is 5.75 Å². The van der Waals surface area contributed by atoms with Crippen LogP contribution < -0.4 is 10.5 Å². The fraction of sp³-hybridized carbons (Fsp3) is 0.154. The number of fused-ring (bicyclic) bond motifs is 1. The van der Waals surface area contributed by atoms with Gasteiger partial charge in [-0.05, 0) is 23.9 Å². The van der Waals surface area contributed by atoms with Crippen LogP contribution in [0.5, 0.6) is 5.75 Å². The van der Waals surface area contributed by atoms with Crippen molar-refractivity contribution in [2.24, 2.45) is 5.73 Å². The standard InChI is InChI=1S/C13H13N5OS/c1-19-9-2-3-10-11(4-9)18-13(17-10)20-12-15-6-8(5-14)7-16-12/h2-4,6-7H,5,14H2,1H3,(H,17,18). The van der Waals surface area contributed by atoms with Crippen LogP contribution in [0, 0.1) is 0 Å². The van der Waals surface area contributed by atoms with Gasteiger partial charge >= 0.3 is 0 Å². The first-order valence-electron chi connectivity index (χ1n) is 6.01. The maximum atomic E-state index is 5.51. The quantitative estimate of drug-likeness (QED) is 0.713. The van der Waals surface area contributed by atoms with Crippen molar-refractivity contribution in [3.05, 3.63) is 36.2 Å². The molecule has 0 amide bonds. The van der Waals surface area contributed by atoms with Crippen molar-refractivity contribution in [2.45, 2.75) is 16.9 Å². The van der Waals surface area contributed by atoms with Gasteiger partial charge in [0.15, 0.2) is 10.3 Å². The first kappa shape index (κ1) is 12.9. The van der Waals surface area contributed by atoms with E-state index in [1.165, 1.54) is 11.8 Å². The Balaban J connectivity index is 1.86. The second-order valence-electron chi connectivity index (χ2n) is 4.11. The predicted octanol–water partition coefficient (Wildman–Crippen LogP) is 1.97. The van der Waals surface area contributed by atoms with Crippen LogP contribution in [-0.2, 0) is 6.54 Å². The van der Waals surface area contributed by atoms with Crippen molar-refractivity contribution in [2.75, 3.05) is 7.11 Å². The van der Waals surface area contributed by atoms with Crippen LogP contribution in [0.1, 0.15) is 5.56 Å². The average Bonchev–Trinajstić information content (AvgIpc) is 2.89. The summed E-state index contributed by atoms with van der Waals surface area (Å²) in [5.74, 6) is 0.793. The number of methoxy groups -OCH3 is 1. The molecule has 0 radical (unpaired) electrons. The van der Waals surface area contributed by atoms with Crippen molar-refractivity contribution in [3.8, 4) is 5.75 Å². The number of H-pyrrole nitrogens is 1. The summed E-state index contributed by atoms with van der Waals surface area (Å²) in [5.41, 5.74) is 8.22. The predicted molar refractivity (Wildman–Crippen MR) is 76.7 cm³/mol. The summed E-state index contributed by atoms with van der Waals surface area (Å²) in [6.45, 7) is 0.440. The molecule has 0 saturated heterocycles. The van der Waals surface area contributed by atoms with Crippen LogP contribution in [0.2, 0.25) is 0 Å². The van der Waals surface area contributed by atoms with E-state index in [1.54, 1.807) is 19.5 Å². The molecule has 2 heterocycles. The van der Waals surface area contributed by atoms with E-state index in [2.05, 4.69) is 19.9 Å². The van der Waals surface area contributed by atoms with Crippen molar-refractivity contribution in [1.82, 2.24) is 19.9 Å². The number of nitrogens with two attached hydrogens (primary N) is 1. The van der Waals surface area contributed by atoms with Crippen molar-refractivity contribution in [3.63, 3.8) is 0 Å². The summed E-state index contributed by atoms with van der Waals surface area (Å²) in [6, 6.07) is 5.70. The Morgan fingerprint density at radius 1 is 1.30 bits per heavy atom. The number of hydrogen-bond donors (Lipinski definition) is 2.